The van der Waals surface area contributed by atoms with Crippen molar-refractivity contribution in [2.45, 2.75) is 29.4 Å². The number of carbonyl (C=O) groups excluding carboxylic acids is 2. The molecule has 12 nitrogen and oxygen atoms in total. The van der Waals surface area contributed by atoms with Crippen LogP contribution in [-0.2, 0) is 20.4 Å². The molecule has 0 aromatic heterocycles. The van der Waals surface area contributed by atoms with Crippen LogP contribution in [0, 0.1) is 16.0 Å². The van der Waals surface area contributed by atoms with E-state index in [1.807, 2.05) is 60.7 Å². The first-order chi connectivity index (χ1) is 21.2. The van der Waals surface area contributed by atoms with Gasteiger partial charge in [0.25, 0.3) is 5.69 Å². The fraction of sp³-hybridized carbons (Fsp3) is 0.355. The molecule has 2 saturated heterocycles. The fourth-order valence-corrected chi connectivity index (χ4v) is 7.78. The van der Waals surface area contributed by atoms with Crippen molar-refractivity contribution in [2.75, 3.05) is 39.3 Å². The molecule has 3 aliphatic rings. The molecule has 2 heterocycles. The lowest BCUT2D eigenvalue weighted by molar-refractivity contribution is -0.387. The number of nitro benzene ring substituents is 1. The smallest absolute Gasteiger partial charge is 0.411 e. The van der Waals surface area contributed by atoms with E-state index in [1.54, 1.807) is 9.80 Å². The van der Waals surface area contributed by atoms with Crippen molar-refractivity contribution in [1.29, 1.82) is 0 Å². The van der Waals surface area contributed by atoms with Crippen LogP contribution < -0.4 is 5.32 Å². The third-order valence-electron chi connectivity index (χ3n) is 8.50. The van der Waals surface area contributed by atoms with Crippen LogP contribution in [0.5, 0.6) is 0 Å². The number of rotatable bonds is 10. The summed E-state index contributed by atoms with van der Waals surface area (Å²) in [5.41, 5.74) is -0.0164. The number of cyclic esters (lactones) is 1. The van der Waals surface area contributed by atoms with Gasteiger partial charge in [-0.2, -0.15) is 4.31 Å². The number of carbonyl (C=O) groups is 2. The number of urea groups is 1. The zero-order valence-electron chi connectivity index (χ0n) is 23.9. The predicted molar refractivity (Wildman–Crippen MR) is 160 cm³/mol. The van der Waals surface area contributed by atoms with Gasteiger partial charge < -0.3 is 15.0 Å². The van der Waals surface area contributed by atoms with Crippen molar-refractivity contribution in [3.8, 4) is 0 Å². The van der Waals surface area contributed by atoms with Gasteiger partial charge in [0.1, 0.15) is 6.04 Å². The number of fused-ring (bicyclic) bond motifs is 1. The van der Waals surface area contributed by atoms with Crippen LogP contribution in [0.15, 0.2) is 89.8 Å². The monoisotopic (exact) mass is 619 g/mol. The zero-order valence-corrected chi connectivity index (χ0v) is 24.8. The highest BCUT2D eigenvalue weighted by Gasteiger charge is 2.58. The maximum absolute atomic E-state index is 13.5. The minimum absolute atomic E-state index is 0.00817. The minimum Gasteiger partial charge on any atom is -0.431 e. The van der Waals surface area contributed by atoms with Gasteiger partial charge in [-0.25, -0.2) is 18.0 Å². The van der Waals surface area contributed by atoms with Gasteiger partial charge in [-0.1, -0.05) is 72.8 Å². The van der Waals surface area contributed by atoms with Crippen molar-refractivity contribution in [2.24, 2.45) is 5.92 Å². The second-order valence-corrected chi connectivity index (χ2v) is 13.2. The Bertz CT molecular complexity index is 1610. The van der Waals surface area contributed by atoms with Crippen LogP contribution in [0.3, 0.4) is 0 Å². The Labute approximate surface area is 255 Å². The van der Waals surface area contributed by atoms with E-state index >= 15 is 0 Å². The molecule has 1 N–H and O–H groups in total. The van der Waals surface area contributed by atoms with Crippen molar-refractivity contribution >= 4 is 27.8 Å². The van der Waals surface area contributed by atoms with E-state index in [2.05, 4.69) is 5.32 Å². The van der Waals surface area contributed by atoms with Crippen molar-refractivity contribution < 1.29 is 27.7 Å². The fourth-order valence-electron chi connectivity index (χ4n) is 6.10. The van der Waals surface area contributed by atoms with Gasteiger partial charge in [0, 0.05) is 56.5 Å². The SMILES string of the molecule is O=C(NCCN(CC1CC1)S(=O)(=O)c1ccccc1[N+](=O)[O-])N1CCN2C(=O)OC(c3ccccc3)(c3ccccc3)C2C1. The van der Waals surface area contributed by atoms with E-state index in [1.165, 1.54) is 28.6 Å². The number of para-hydroxylation sites is 1. The predicted octanol–water partition coefficient (Wildman–Crippen LogP) is 3.79. The van der Waals surface area contributed by atoms with Crippen LogP contribution in [0.25, 0.3) is 0 Å². The van der Waals surface area contributed by atoms with Crippen LogP contribution in [0.1, 0.15) is 24.0 Å². The molecule has 3 amide bonds. The Kier molecular flexibility index (Phi) is 7.99. The van der Waals surface area contributed by atoms with Gasteiger partial charge in [0.2, 0.25) is 10.0 Å². The number of nitrogens with zero attached hydrogens (tertiary/aromatic N) is 4. The molecule has 0 radical (unpaired) electrons. The second kappa shape index (κ2) is 11.9. The minimum atomic E-state index is -4.18. The van der Waals surface area contributed by atoms with E-state index in [4.69, 9.17) is 4.74 Å². The van der Waals surface area contributed by atoms with Gasteiger partial charge in [0.15, 0.2) is 10.5 Å². The third-order valence-corrected chi connectivity index (χ3v) is 10.4. The number of piperazine rings is 1. The van der Waals surface area contributed by atoms with Crippen LogP contribution >= 0.6 is 0 Å². The number of nitro groups is 1. The summed E-state index contributed by atoms with van der Waals surface area (Å²) in [7, 11) is -4.18. The topological polar surface area (TPSA) is 142 Å². The van der Waals surface area contributed by atoms with Gasteiger partial charge in [-0.3, -0.25) is 15.0 Å². The summed E-state index contributed by atoms with van der Waals surface area (Å²) in [5, 5.41) is 14.4. The molecule has 13 heteroatoms. The molecule has 1 unspecified atom stereocenters. The highest BCUT2D eigenvalue weighted by atomic mass is 32.2. The quantitative estimate of drug-likeness (QED) is 0.269. The molecule has 3 fully saturated rings. The molecule has 230 valence electrons. The van der Waals surface area contributed by atoms with E-state index in [0.717, 1.165) is 24.0 Å². The van der Waals surface area contributed by atoms with Crippen LogP contribution in [-0.4, -0.2) is 84.9 Å². The first kappa shape index (κ1) is 29.6. The second-order valence-electron chi connectivity index (χ2n) is 11.3. The lowest BCUT2D eigenvalue weighted by Gasteiger charge is -2.42. The summed E-state index contributed by atoms with van der Waals surface area (Å²) < 4.78 is 34.5. The number of hydrogen-bond acceptors (Lipinski definition) is 7. The molecular weight excluding hydrogens is 586 g/mol. The summed E-state index contributed by atoms with van der Waals surface area (Å²) >= 11 is 0. The number of benzene rings is 3. The Hall–Kier alpha value is -4.49. The Morgan fingerprint density at radius 2 is 1.59 bits per heavy atom. The maximum atomic E-state index is 13.5. The van der Waals surface area contributed by atoms with Gasteiger partial charge in [-0.15, -0.1) is 0 Å². The molecule has 6 rings (SSSR count). The van der Waals surface area contributed by atoms with E-state index in [9.17, 15) is 28.1 Å². The first-order valence-electron chi connectivity index (χ1n) is 14.6. The normalized spacial score (nSPS) is 19.4. The van der Waals surface area contributed by atoms with Crippen LogP contribution in [0.2, 0.25) is 0 Å². The third kappa shape index (κ3) is 5.48. The lowest BCUT2D eigenvalue weighted by Crippen LogP contribution is -2.60. The van der Waals surface area contributed by atoms with Gasteiger partial charge in [0.05, 0.1) is 4.92 Å². The van der Waals surface area contributed by atoms with E-state index in [0.29, 0.717) is 0 Å². The average Bonchev–Trinajstić information content (AvgIpc) is 3.82. The number of hydrogen-bond donors (Lipinski definition) is 1. The van der Waals surface area contributed by atoms with Gasteiger partial charge >= 0.3 is 12.1 Å². The highest BCUT2D eigenvalue weighted by Crippen LogP contribution is 2.45. The molecule has 0 bridgehead atoms. The largest absolute Gasteiger partial charge is 0.431 e. The lowest BCUT2D eigenvalue weighted by atomic mass is 9.79. The number of nitrogens with one attached hydrogen (secondary N) is 1. The Morgan fingerprint density at radius 1 is 0.977 bits per heavy atom. The van der Waals surface area contributed by atoms with Crippen molar-refractivity contribution in [3.63, 3.8) is 0 Å². The molecular formula is C31H33N5O7S. The number of amides is 3. The Morgan fingerprint density at radius 3 is 2.20 bits per heavy atom. The van der Waals surface area contributed by atoms with Crippen molar-refractivity contribution in [3.05, 3.63) is 106 Å². The molecule has 3 aromatic rings. The molecule has 1 aliphatic carbocycles. The molecule has 1 saturated carbocycles. The maximum Gasteiger partial charge on any atom is 0.411 e. The van der Waals surface area contributed by atoms with Gasteiger partial charge in [-0.05, 0) is 24.8 Å². The molecule has 1 atom stereocenters. The van der Waals surface area contributed by atoms with E-state index in [-0.39, 0.29) is 50.1 Å². The molecule has 44 heavy (non-hydrogen) atoms. The van der Waals surface area contributed by atoms with E-state index < -0.39 is 44.4 Å². The summed E-state index contributed by atoms with van der Waals surface area (Å²) in [6, 6.07) is 23.4. The zero-order chi connectivity index (χ0) is 30.9. The summed E-state index contributed by atoms with van der Waals surface area (Å²) in [6.45, 7) is 0.937. The number of ether oxygens (including phenoxy) is 1. The molecule has 3 aromatic carbocycles. The van der Waals surface area contributed by atoms with Crippen LogP contribution in [0.4, 0.5) is 15.3 Å². The summed E-state index contributed by atoms with van der Waals surface area (Å²) in [4.78, 5) is 40.4. The van der Waals surface area contributed by atoms with Crippen molar-refractivity contribution in [1.82, 2.24) is 19.4 Å². The molecule has 0 spiro atoms. The first-order valence-corrected chi connectivity index (χ1v) is 16.0. The molecule has 2 aliphatic heterocycles. The highest BCUT2D eigenvalue weighted by molar-refractivity contribution is 7.89. The standard InChI is InChI=1S/C31H33N5O7S/c37-29(32-17-18-34(21-23-15-16-23)44(41,42)27-14-8-7-13-26(27)36(39)40)33-19-20-35-28(22-33)31(43-30(35)38,24-9-3-1-4-10-24)25-11-5-2-6-12-25/h1-14,23,28H,15-22H2,(H,32,37). The summed E-state index contributed by atoms with van der Waals surface area (Å²) in [6.07, 6.45) is 1.32. The number of sulfonamides is 1. The summed E-state index contributed by atoms with van der Waals surface area (Å²) in [5.74, 6) is 0.181. The Balaban J connectivity index is 1.19. The average molecular weight is 620 g/mol.